The second-order valence-electron chi connectivity index (χ2n) is 6.53. The summed E-state index contributed by atoms with van der Waals surface area (Å²) >= 11 is 0. The molecule has 0 aliphatic heterocycles. The number of benzene rings is 1. The highest BCUT2D eigenvalue weighted by Crippen LogP contribution is 2.31. The average molecular weight is 315 g/mol. The van der Waals surface area contributed by atoms with Crippen molar-refractivity contribution in [3.05, 3.63) is 53.6 Å². The molecule has 1 atom stereocenters. The molecule has 23 heavy (non-hydrogen) atoms. The Bertz CT molecular complexity index is 482. The van der Waals surface area contributed by atoms with Crippen LogP contribution in [-0.2, 0) is 0 Å². The Balaban J connectivity index is 3.07. The molecule has 0 heterocycles. The van der Waals surface area contributed by atoms with Crippen LogP contribution in [0.1, 0.15) is 77.7 Å². The van der Waals surface area contributed by atoms with E-state index in [0.29, 0.717) is 0 Å². The molecule has 0 saturated heterocycles. The number of allylic oxidation sites excluding steroid dienone is 2. The number of aliphatic hydroxyl groups is 1. The lowest BCUT2D eigenvalue weighted by molar-refractivity contribution is 0.226. The third-order valence-corrected chi connectivity index (χ3v) is 4.37. The lowest BCUT2D eigenvalue weighted by Crippen LogP contribution is -2.09. The Kier molecular flexibility index (Phi) is 9.63. The van der Waals surface area contributed by atoms with Gasteiger partial charge in [0.2, 0.25) is 0 Å². The lowest BCUT2D eigenvalue weighted by Gasteiger charge is -2.20. The van der Waals surface area contributed by atoms with Gasteiger partial charge < -0.3 is 5.11 Å². The molecule has 1 unspecified atom stereocenters. The molecule has 0 bridgehead atoms. The smallest absolute Gasteiger partial charge is 0.0727 e. The summed E-state index contributed by atoms with van der Waals surface area (Å²) in [4.78, 5) is 0. The predicted octanol–water partition coefficient (Wildman–Crippen LogP) is 6.54. The van der Waals surface area contributed by atoms with Crippen molar-refractivity contribution < 1.29 is 5.11 Å². The third kappa shape index (κ3) is 7.18. The molecule has 0 fully saturated rings. The van der Waals surface area contributed by atoms with Crippen LogP contribution in [0, 0.1) is 0 Å². The van der Waals surface area contributed by atoms with E-state index in [1.807, 2.05) is 13.0 Å². The zero-order valence-corrected chi connectivity index (χ0v) is 15.3. The van der Waals surface area contributed by atoms with Gasteiger partial charge in [0, 0.05) is 0 Å². The highest BCUT2D eigenvalue weighted by molar-refractivity contribution is 5.71. The maximum Gasteiger partial charge on any atom is 0.0727 e. The van der Waals surface area contributed by atoms with Gasteiger partial charge in [0.1, 0.15) is 0 Å². The van der Waals surface area contributed by atoms with Gasteiger partial charge in [-0.05, 0) is 55.7 Å². The molecule has 0 spiro atoms. The molecule has 1 aromatic rings. The van der Waals surface area contributed by atoms with E-state index in [0.717, 1.165) is 25.7 Å². The average Bonchev–Trinajstić information content (AvgIpc) is 2.56. The van der Waals surface area contributed by atoms with Gasteiger partial charge in [-0.25, -0.2) is 0 Å². The molecular weight excluding hydrogens is 280 g/mol. The second kappa shape index (κ2) is 11.2. The van der Waals surface area contributed by atoms with Crippen LogP contribution in [0.5, 0.6) is 0 Å². The molecular formula is C22H34O. The first-order valence-corrected chi connectivity index (χ1v) is 9.22. The zero-order valence-electron chi connectivity index (χ0n) is 15.3. The van der Waals surface area contributed by atoms with Crippen molar-refractivity contribution in [2.45, 2.75) is 78.2 Å². The fraction of sp³-hybridized carbons (Fsp3) is 0.545. The fourth-order valence-electron chi connectivity index (χ4n) is 2.98. The molecule has 1 rings (SSSR count). The van der Waals surface area contributed by atoms with E-state index >= 15 is 0 Å². The number of hydrogen-bond donors (Lipinski definition) is 1. The van der Waals surface area contributed by atoms with Gasteiger partial charge >= 0.3 is 0 Å². The highest BCUT2D eigenvalue weighted by Gasteiger charge is 2.14. The Morgan fingerprint density at radius 2 is 1.65 bits per heavy atom. The minimum Gasteiger partial charge on any atom is -0.389 e. The summed E-state index contributed by atoms with van der Waals surface area (Å²) in [5, 5.41) is 10.3. The minimum atomic E-state index is -0.388. The van der Waals surface area contributed by atoms with E-state index in [1.54, 1.807) is 0 Å². The van der Waals surface area contributed by atoms with Gasteiger partial charge in [-0.15, -0.1) is 0 Å². The molecule has 0 radical (unpaired) electrons. The topological polar surface area (TPSA) is 20.2 Å². The summed E-state index contributed by atoms with van der Waals surface area (Å²) in [5.41, 5.74) is 5.00. The van der Waals surface area contributed by atoms with Crippen LogP contribution in [0.4, 0.5) is 0 Å². The van der Waals surface area contributed by atoms with Crippen LogP contribution < -0.4 is 0 Å². The fourth-order valence-corrected chi connectivity index (χ4v) is 2.98. The Morgan fingerprint density at radius 1 is 1.00 bits per heavy atom. The summed E-state index contributed by atoms with van der Waals surface area (Å²) in [7, 11) is 0. The second-order valence-corrected chi connectivity index (χ2v) is 6.53. The molecule has 1 N–H and O–H groups in total. The van der Waals surface area contributed by atoms with E-state index in [-0.39, 0.29) is 6.10 Å². The van der Waals surface area contributed by atoms with E-state index < -0.39 is 0 Å². The van der Waals surface area contributed by atoms with E-state index in [1.165, 1.54) is 48.0 Å². The maximum atomic E-state index is 10.3. The standard InChI is InChI=1S/C22H34O/c1-5-7-10-16-21(19(4)23)22(17-18(3)13-8-6-2)20-14-11-9-12-15-20/h9,11-12,14-15,19,23H,3,5-8,10,13,16-17H2,1-2,4H3/b22-21+. The monoisotopic (exact) mass is 314 g/mol. The van der Waals surface area contributed by atoms with Crippen LogP contribution in [0.25, 0.3) is 5.57 Å². The van der Waals surface area contributed by atoms with Gasteiger partial charge in [-0.3, -0.25) is 0 Å². The molecule has 1 heteroatoms. The molecule has 0 aliphatic carbocycles. The SMILES string of the molecule is C=C(CCCC)C/C(=C(/CCCCC)C(C)O)c1ccccc1. The summed E-state index contributed by atoms with van der Waals surface area (Å²) in [6.45, 7) is 10.6. The number of aliphatic hydroxyl groups excluding tert-OH is 1. The molecule has 0 aliphatic rings. The quantitative estimate of drug-likeness (QED) is 0.363. The van der Waals surface area contributed by atoms with Crippen molar-refractivity contribution in [2.24, 2.45) is 0 Å². The Morgan fingerprint density at radius 3 is 2.22 bits per heavy atom. The van der Waals surface area contributed by atoms with Crippen molar-refractivity contribution in [1.29, 1.82) is 0 Å². The molecule has 1 nitrogen and oxygen atoms in total. The van der Waals surface area contributed by atoms with Gasteiger partial charge in [0.15, 0.2) is 0 Å². The molecule has 1 aromatic carbocycles. The summed E-state index contributed by atoms with van der Waals surface area (Å²) in [6, 6.07) is 10.5. The first kappa shape index (κ1) is 19.7. The van der Waals surface area contributed by atoms with Crippen molar-refractivity contribution in [2.75, 3.05) is 0 Å². The minimum absolute atomic E-state index is 0.388. The van der Waals surface area contributed by atoms with Crippen molar-refractivity contribution in [3.63, 3.8) is 0 Å². The van der Waals surface area contributed by atoms with Gasteiger partial charge in [-0.2, -0.15) is 0 Å². The maximum absolute atomic E-state index is 10.3. The molecule has 0 aromatic heterocycles. The van der Waals surface area contributed by atoms with Gasteiger partial charge in [-0.1, -0.05) is 75.6 Å². The lowest BCUT2D eigenvalue weighted by atomic mass is 9.88. The van der Waals surface area contributed by atoms with Crippen molar-refractivity contribution >= 4 is 5.57 Å². The summed E-state index contributed by atoms with van der Waals surface area (Å²) < 4.78 is 0. The zero-order chi connectivity index (χ0) is 17.1. The first-order chi connectivity index (χ1) is 11.1. The largest absolute Gasteiger partial charge is 0.389 e. The molecule has 0 saturated carbocycles. The predicted molar refractivity (Wildman–Crippen MR) is 102 cm³/mol. The normalized spacial score (nSPS) is 13.6. The van der Waals surface area contributed by atoms with E-state index in [2.05, 4.69) is 44.7 Å². The van der Waals surface area contributed by atoms with Gasteiger partial charge in [0.05, 0.1) is 6.10 Å². The highest BCUT2D eigenvalue weighted by atomic mass is 16.3. The van der Waals surface area contributed by atoms with Gasteiger partial charge in [0.25, 0.3) is 0 Å². The number of rotatable bonds is 11. The Labute approximate surface area is 143 Å². The van der Waals surface area contributed by atoms with Crippen molar-refractivity contribution in [1.82, 2.24) is 0 Å². The molecule has 0 amide bonds. The van der Waals surface area contributed by atoms with Crippen LogP contribution in [0.3, 0.4) is 0 Å². The van der Waals surface area contributed by atoms with E-state index in [4.69, 9.17) is 0 Å². The first-order valence-electron chi connectivity index (χ1n) is 9.22. The van der Waals surface area contributed by atoms with Crippen LogP contribution in [-0.4, -0.2) is 11.2 Å². The van der Waals surface area contributed by atoms with Crippen LogP contribution in [0.15, 0.2) is 48.1 Å². The number of hydrogen-bond acceptors (Lipinski definition) is 1. The summed E-state index contributed by atoms with van der Waals surface area (Å²) in [6.07, 6.45) is 8.52. The Hall–Kier alpha value is -1.34. The third-order valence-electron chi connectivity index (χ3n) is 4.37. The summed E-state index contributed by atoms with van der Waals surface area (Å²) in [5.74, 6) is 0. The number of unbranched alkanes of at least 4 members (excludes halogenated alkanes) is 3. The van der Waals surface area contributed by atoms with E-state index in [9.17, 15) is 5.11 Å². The van der Waals surface area contributed by atoms with Crippen LogP contribution >= 0.6 is 0 Å². The van der Waals surface area contributed by atoms with Crippen molar-refractivity contribution in [3.8, 4) is 0 Å². The van der Waals surface area contributed by atoms with Crippen LogP contribution in [0.2, 0.25) is 0 Å². The molecule has 128 valence electrons.